The molecular formula is C13H18N6. The van der Waals surface area contributed by atoms with Gasteiger partial charge in [-0.05, 0) is 38.1 Å². The molecule has 0 atom stereocenters. The molecule has 2 rings (SSSR count). The summed E-state index contributed by atoms with van der Waals surface area (Å²) >= 11 is 0. The molecule has 0 spiro atoms. The largest absolute Gasteiger partial charge is 0.399 e. The third-order valence-electron chi connectivity index (χ3n) is 2.77. The fourth-order valence-corrected chi connectivity index (χ4v) is 1.70. The summed E-state index contributed by atoms with van der Waals surface area (Å²) in [5.74, 6) is 1.21. The van der Waals surface area contributed by atoms with Crippen molar-refractivity contribution >= 4 is 23.3 Å². The Morgan fingerprint density at radius 2 is 1.79 bits per heavy atom. The first-order valence-corrected chi connectivity index (χ1v) is 6.29. The summed E-state index contributed by atoms with van der Waals surface area (Å²) in [6.45, 7) is 5.87. The Morgan fingerprint density at radius 1 is 1.11 bits per heavy atom. The summed E-state index contributed by atoms with van der Waals surface area (Å²) in [5, 5.41) is 3.13. The lowest BCUT2D eigenvalue weighted by atomic mass is 10.3. The SMILES string of the molecule is CCN(CC)c1ncnc(Nc2ccc(N)cc2)n1. The fourth-order valence-electron chi connectivity index (χ4n) is 1.70. The number of aromatic nitrogens is 3. The number of hydrogen-bond donors (Lipinski definition) is 2. The summed E-state index contributed by atoms with van der Waals surface area (Å²) < 4.78 is 0. The molecule has 0 amide bonds. The van der Waals surface area contributed by atoms with Gasteiger partial charge in [-0.3, -0.25) is 0 Å². The second kappa shape index (κ2) is 5.99. The molecule has 0 aliphatic rings. The number of rotatable bonds is 5. The first-order valence-electron chi connectivity index (χ1n) is 6.29. The minimum atomic E-state index is 0.529. The normalized spacial score (nSPS) is 10.2. The quantitative estimate of drug-likeness (QED) is 0.799. The molecule has 0 unspecified atom stereocenters. The van der Waals surface area contributed by atoms with Gasteiger partial charge in [0.15, 0.2) is 0 Å². The molecule has 0 radical (unpaired) electrons. The van der Waals surface area contributed by atoms with Crippen molar-refractivity contribution < 1.29 is 0 Å². The van der Waals surface area contributed by atoms with Gasteiger partial charge in [0.2, 0.25) is 11.9 Å². The van der Waals surface area contributed by atoms with Crippen molar-refractivity contribution in [2.75, 3.05) is 29.0 Å². The molecule has 0 saturated carbocycles. The third-order valence-corrected chi connectivity index (χ3v) is 2.77. The predicted molar refractivity (Wildman–Crippen MR) is 77.5 cm³/mol. The van der Waals surface area contributed by atoms with Crippen molar-refractivity contribution in [1.29, 1.82) is 0 Å². The highest BCUT2D eigenvalue weighted by molar-refractivity contribution is 5.57. The van der Waals surface area contributed by atoms with Crippen LogP contribution in [0.25, 0.3) is 0 Å². The Kier molecular flexibility index (Phi) is 4.12. The van der Waals surface area contributed by atoms with Crippen LogP contribution in [0, 0.1) is 0 Å². The second-order valence-corrected chi connectivity index (χ2v) is 4.03. The highest BCUT2D eigenvalue weighted by atomic mass is 15.3. The van der Waals surface area contributed by atoms with E-state index in [0.29, 0.717) is 11.9 Å². The molecule has 6 nitrogen and oxygen atoms in total. The smallest absolute Gasteiger partial charge is 0.231 e. The van der Waals surface area contributed by atoms with Gasteiger partial charge in [0.1, 0.15) is 6.33 Å². The van der Waals surface area contributed by atoms with Crippen molar-refractivity contribution in [1.82, 2.24) is 15.0 Å². The van der Waals surface area contributed by atoms with Gasteiger partial charge in [0.25, 0.3) is 0 Å². The van der Waals surface area contributed by atoms with Gasteiger partial charge in [-0.1, -0.05) is 0 Å². The third kappa shape index (κ3) is 3.31. The number of anilines is 4. The summed E-state index contributed by atoms with van der Waals surface area (Å²) in [6.07, 6.45) is 1.51. The molecule has 1 aromatic carbocycles. The fraction of sp³-hybridized carbons (Fsp3) is 0.308. The summed E-state index contributed by atoms with van der Waals surface area (Å²) in [7, 11) is 0. The second-order valence-electron chi connectivity index (χ2n) is 4.03. The van der Waals surface area contributed by atoms with Gasteiger partial charge in [-0.25, -0.2) is 9.97 Å². The van der Waals surface area contributed by atoms with Crippen molar-refractivity contribution in [2.45, 2.75) is 13.8 Å². The number of nitrogens with two attached hydrogens (primary N) is 1. The van der Waals surface area contributed by atoms with E-state index >= 15 is 0 Å². The number of nitrogen functional groups attached to an aromatic ring is 1. The molecule has 2 aromatic rings. The molecule has 0 bridgehead atoms. The lowest BCUT2D eigenvalue weighted by Crippen LogP contribution is -2.24. The molecule has 0 fully saturated rings. The van der Waals surface area contributed by atoms with Crippen LogP contribution in [0.2, 0.25) is 0 Å². The van der Waals surface area contributed by atoms with Crippen LogP contribution in [0.1, 0.15) is 13.8 Å². The molecule has 19 heavy (non-hydrogen) atoms. The van der Waals surface area contributed by atoms with Crippen LogP contribution in [0.15, 0.2) is 30.6 Å². The summed E-state index contributed by atoms with van der Waals surface area (Å²) in [6, 6.07) is 7.43. The summed E-state index contributed by atoms with van der Waals surface area (Å²) in [5.41, 5.74) is 7.27. The maximum atomic E-state index is 5.64. The van der Waals surface area contributed by atoms with Crippen LogP contribution in [0.4, 0.5) is 23.3 Å². The number of benzene rings is 1. The van der Waals surface area contributed by atoms with Crippen molar-refractivity contribution in [2.24, 2.45) is 0 Å². The average Bonchev–Trinajstić information content (AvgIpc) is 2.43. The van der Waals surface area contributed by atoms with Crippen LogP contribution in [0.5, 0.6) is 0 Å². The van der Waals surface area contributed by atoms with E-state index in [2.05, 4.69) is 39.0 Å². The Balaban J connectivity index is 2.17. The van der Waals surface area contributed by atoms with Crippen LogP contribution < -0.4 is 16.0 Å². The lowest BCUT2D eigenvalue weighted by molar-refractivity contribution is 0.813. The van der Waals surface area contributed by atoms with E-state index in [9.17, 15) is 0 Å². The number of nitrogens with one attached hydrogen (secondary N) is 1. The molecular weight excluding hydrogens is 240 g/mol. The Morgan fingerprint density at radius 3 is 2.42 bits per heavy atom. The van der Waals surface area contributed by atoms with Crippen molar-refractivity contribution in [3.63, 3.8) is 0 Å². The van der Waals surface area contributed by atoms with Crippen molar-refractivity contribution in [3.8, 4) is 0 Å². The van der Waals surface area contributed by atoms with Gasteiger partial charge in [-0.2, -0.15) is 4.98 Å². The van der Waals surface area contributed by atoms with E-state index < -0.39 is 0 Å². The maximum absolute atomic E-state index is 5.64. The average molecular weight is 258 g/mol. The van der Waals surface area contributed by atoms with E-state index in [4.69, 9.17) is 5.73 Å². The minimum absolute atomic E-state index is 0.529. The number of hydrogen-bond acceptors (Lipinski definition) is 6. The first-order chi connectivity index (χ1) is 9.22. The first kappa shape index (κ1) is 13.1. The zero-order valence-corrected chi connectivity index (χ0v) is 11.2. The Hall–Kier alpha value is -2.37. The Labute approximate surface area is 112 Å². The van der Waals surface area contributed by atoms with Crippen LogP contribution in [-0.4, -0.2) is 28.0 Å². The molecule has 0 aliphatic heterocycles. The summed E-state index contributed by atoms with van der Waals surface area (Å²) in [4.78, 5) is 14.8. The highest BCUT2D eigenvalue weighted by Gasteiger charge is 2.06. The van der Waals surface area contributed by atoms with Crippen LogP contribution in [-0.2, 0) is 0 Å². The van der Waals surface area contributed by atoms with Gasteiger partial charge < -0.3 is 16.0 Å². The van der Waals surface area contributed by atoms with E-state index in [-0.39, 0.29) is 0 Å². The number of nitrogens with zero attached hydrogens (tertiary/aromatic N) is 4. The molecule has 1 heterocycles. The standard InChI is InChI=1S/C13H18N6/c1-3-19(4-2)13-16-9-15-12(18-13)17-11-7-5-10(14)6-8-11/h5-9H,3-4,14H2,1-2H3,(H,15,16,17,18). The van der Waals surface area contributed by atoms with Crippen LogP contribution >= 0.6 is 0 Å². The highest BCUT2D eigenvalue weighted by Crippen LogP contribution is 2.15. The maximum Gasteiger partial charge on any atom is 0.231 e. The molecule has 1 aromatic heterocycles. The topological polar surface area (TPSA) is 80.0 Å². The van der Waals surface area contributed by atoms with E-state index in [0.717, 1.165) is 24.5 Å². The van der Waals surface area contributed by atoms with Crippen LogP contribution in [0.3, 0.4) is 0 Å². The zero-order chi connectivity index (χ0) is 13.7. The van der Waals surface area contributed by atoms with Gasteiger partial charge in [0, 0.05) is 24.5 Å². The monoisotopic (exact) mass is 258 g/mol. The van der Waals surface area contributed by atoms with Crippen molar-refractivity contribution in [3.05, 3.63) is 30.6 Å². The molecule has 6 heteroatoms. The van der Waals surface area contributed by atoms with Gasteiger partial charge in [0.05, 0.1) is 0 Å². The lowest BCUT2D eigenvalue weighted by Gasteiger charge is -2.18. The Bertz CT molecular complexity index is 521. The molecule has 3 N–H and O–H groups in total. The van der Waals surface area contributed by atoms with Gasteiger partial charge in [-0.15, -0.1) is 0 Å². The molecule has 0 aliphatic carbocycles. The predicted octanol–water partition coefficient (Wildman–Crippen LogP) is 2.04. The molecule has 100 valence electrons. The van der Waals surface area contributed by atoms with Gasteiger partial charge >= 0.3 is 0 Å². The van der Waals surface area contributed by atoms with E-state index in [1.807, 2.05) is 24.3 Å². The molecule has 0 saturated heterocycles. The van der Waals surface area contributed by atoms with E-state index in [1.165, 1.54) is 6.33 Å². The van der Waals surface area contributed by atoms with E-state index in [1.54, 1.807) is 0 Å². The zero-order valence-electron chi connectivity index (χ0n) is 11.2. The minimum Gasteiger partial charge on any atom is -0.399 e.